The Bertz CT molecular complexity index is 1710. The Morgan fingerprint density at radius 2 is 1.61 bits per heavy atom. The molecule has 1 fully saturated rings. The summed E-state index contributed by atoms with van der Waals surface area (Å²) in [6.45, 7) is 7.94. The van der Waals surface area contributed by atoms with Gasteiger partial charge in [-0.2, -0.15) is 0 Å². The topological polar surface area (TPSA) is 160 Å². The predicted molar refractivity (Wildman–Crippen MR) is 204 cm³/mol. The molecular formula is C38H53ClN4O7S. The number of benzene rings is 3. The largest absolute Gasteiger partial charge is 0.506 e. The van der Waals surface area contributed by atoms with E-state index in [9.17, 15) is 28.5 Å². The van der Waals surface area contributed by atoms with Crippen molar-refractivity contribution in [3.63, 3.8) is 0 Å². The Balaban J connectivity index is 1.04. The molecule has 1 aliphatic heterocycles. The quantitative estimate of drug-likeness (QED) is 0.0574. The molecule has 0 aliphatic carbocycles. The van der Waals surface area contributed by atoms with Crippen LogP contribution in [-0.2, 0) is 14.8 Å². The number of aliphatic hydroxyl groups excluding tert-OH is 1. The summed E-state index contributed by atoms with van der Waals surface area (Å²) in [5, 5.41) is 36.7. The number of anilines is 2. The van der Waals surface area contributed by atoms with Gasteiger partial charge in [-0.05, 0) is 99.6 Å². The molecular weight excluding hydrogens is 692 g/mol. The highest BCUT2D eigenvalue weighted by Crippen LogP contribution is 2.36. The summed E-state index contributed by atoms with van der Waals surface area (Å²) in [5.41, 5.74) is 4.83. The van der Waals surface area contributed by atoms with E-state index in [1.807, 2.05) is 26.0 Å². The maximum atomic E-state index is 13.0. The molecule has 0 aromatic heterocycles. The number of piperidine rings is 1. The van der Waals surface area contributed by atoms with Gasteiger partial charge in [0, 0.05) is 25.2 Å². The van der Waals surface area contributed by atoms with Crippen LogP contribution in [0.5, 0.6) is 11.5 Å². The molecule has 1 saturated heterocycles. The number of nitrogens with one attached hydrogen (secondary N) is 3. The van der Waals surface area contributed by atoms with Gasteiger partial charge < -0.3 is 30.3 Å². The van der Waals surface area contributed by atoms with Crippen LogP contribution in [0, 0.1) is 13.8 Å². The molecule has 6 N–H and O–H groups in total. The molecule has 0 radical (unpaired) electrons. The molecule has 3 aromatic carbocycles. The average molecular weight is 745 g/mol. The molecule has 0 spiro atoms. The molecule has 13 heteroatoms. The lowest BCUT2D eigenvalue weighted by Crippen LogP contribution is -2.38. The number of ether oxygens (including phenoxy) is 1. The molecule has 1 aliphatic rings. The maximum absolute atomic E-state index is 13.0. The van der Waals surface area contributed by atoms with Crippen molar-refractivity contribution in [1.29, 1.82) is 0 Å². The van der Waals surface area contributed by atoms with Crippen molar-refractivity contribution in [3.8, 4) is 22.6 Å². The number of unbranched alkanes of at least 4 members (excludes halogenated alkanes) is 6. The van der Waals surface area contributed by atoms with Crippen LogP contribution < -0.4 is 15.4 Å². The van der Waals surface area contributed by atoms with Gasteiger partial charge in [-0.3, -0.25) is 10.0 Å². The molecule has 1 heterocycles. The summed E-state index contributed by atoms with van der Waals surface area (Å²) < 4.78 is 31.1. The summed E-state index contributed by atoms with van der Waals surface area (Å²) in [6.07, 6.45) is 9.25. The molecule has 4 rings (SSSR count). The Morgan fingerprint density at radius 3 is 2.29 bits per heavy atom. The summed E-state index contributed by atoms with van der Waals surface area (Å²) in [4.78, 5) is 15.4. The number of rotatable bonds is 18. The van der Waals surface area contributed by atoms with Crippen molar-refractivity contribution in [2.45, 2.75) is 83.8 Å². The minimum atomic E-state index is -3.54. The Labute approximate surface area is 307 Å². The van der Waals surface area contributed by atoms with Gasteiger partial charge in [-0.25, -0.2) is 13.2 Å². The second-order valence-electron chi connectivity index (χ2n) is 13.6. The molecule has 3 aromatic rings. The molecule has 280 valence electrons. The third kappa shape index (κ3) is 13.2. The molecule has 11 nitrogen and oxygen atoms in total. The zero-order valence-corrected chi connectivity index (χ0v) is 31.5. The molecule has 0 bridgehead atoms. The van der Waals surface area contributed by atoms with Crippen molar-refractivity contribution in [2.75, 3.05) is 49.0 Å². The highest BCUT2D eigenvalue weighted by atomic mass is 35.5. The average Bonchev–Trinajstić information content (AvgIpc) is 3.07. The summed E-state index contributed by atoms with van der Waals surface area (Å²) in [6, 6.07) is 13.4. The zero-order valence-electron chi connectivity index (χ0n) is 29.9. The Kier molecular flexibility index (Phi) is 15.2. The number of nitrogens with zero attached hydrogens (tertiary/aromatic N) is 1. The fraction of sp³-hybridized carbons (Fsp3) is 0.500. The van der Waals surface area contributed by atoms with E-state index < -0.39 is 22.2 Å². The van der Waals surface area contributed by atoms with Gasteiger partial charge in [0.1, 0.15) is 17.6 Å². The first-order valence-corrected chi connectivity index (χ1v) is 20.1. The first-order valence-electron chi connectivity index (χ1n) is 17.8. The van der Waals surface area contributed by atoms with Gasteiger partial charge in [-0.15, -0.1) is 0 Å². The van der Waals surface area contributed by atoms with Crippen LogP contribution in [0.1, 0.15) is 80.6 Å². The maximum Gasteiger partial charge on any atom is 0.411 e. The van der Waals surface area contributed by atoms with E-state index in [1.165, 1.54) is 37.8 Å². The smallest absolute Gasteiger partial charge is 0.411 e. The van der Waals surface area contributed by atoms with Gasteiger partial charge in [0.15, 0.2) is 0 Å². The molecule has 0 unspecified atom stereocenters. The van der Waals surface area contributed by atoms with Crippen LogP contribution in [0.25, 0.3) is 11.1 Å². The number of amides is 1. The normalized spacial score (nSPS) is 14.7. The van der Waals surface area contributed by atoms with E-state index in [1.54, 1.807) is 24.3 Å². The fourth-order valence-corrected chi connectivity index (χ4v) is 7.18. The lowest BCUT2D eigenvalue weighted by atomic mass is 9.97. The van der Waals surface area contributed by atoms with E-state index >= 15 is 0 Å². The first-order chi connectivity index (χ1) is 24.3. The molecule has 1 amide bonds. The molecule has 1 atom stereocenters. The van der Waals surface area contributed by atoms with Gasteiger partial charge >= 0.3 is 6.09 Å². The van der Waals surface area contributed by atoms with Crippen molar-refractivity contribution >= 4 is 39.1 Å². The third-order valence-corrected chi connectivity index (χ3v) is 10.0. The van der Waals surface area contributed by atoms with Gasteiger partial charge in [0.05, 0.1) is 28.8 Å². The number of sulfonamides is 1. The van der Waals surface area contributed by atoms with Crippen LogP contribution in [0.15, 0.2) is 48.5 Å². The van der Waals surface area contributed by atoms with Crippen molar-refractivity contribution in [3.05, 3.63) is 70.2 Å². The number of aryl methyl sites for hydroxylation is 2. The number of carbonyl (C=O) groups excluding carboxylic acids is 1. The Morgan fingerprint density at radius 1 is 0.941 bits per heavy atom. The number of aromatic hydroxyl groups is 2. The SMILES string of the molecule is Cc1cc(C)c(NC(=O)OC2CCN(CCCCCCCCCNC[C@H](O)c3ccc(O)c(NS(C)(=O)=O)c3)CC2)c(-c2ccc(O)c(Cl)c2)c1. The van der Waals surface area contributed by atoms with E-state index in [0.29, 0.717) is 17.8 Å². The molecule has 0 saturated carbocycles. The summed E-state index contributed by atoms with van der Waals surface area (Å²) >= 11 is 6.17. The number of aliphatic hydroxyl groups is 1. The lowest BCUT2D eigenvalue weighted by molar-refractivity contribution is 0.0584. The van der Waals surface area contributed by atoms with Crippen molar-refractivity contribution in [2.24, 2.45) is 0 Å². The summed E-state index contributed by atoms with van der Waals surface area (Å²) in [7, 11) is -3.54. The van der Waals surface area contributed by atoms with Gasteiger partial charge in [-0.1, -0.05) is 67.5 Å². The number of hydrogen-bond acceptors (Lipinski definition) is 9. The highest BCUT2D eigenvalue weighted by Gasteiger charge is 2.23. The Hall–Kier alpha value is -3.55. The number of phenols is 2. The zero-order chi connectivity index (χ0) is 37.0. The minimum Gasteiger partial charge on any atom is -0.506 e. The van der Waals surface area contributed by atoms with Gasteiger partial charge in [0.2, 0.25) is 10.0 Å². The number of phenolic OH excluding ortho intramolecular Hbond substituents is 2. The monoisotopic (exact) mass is 744 g/mol. The molecule has 51 heavy (non-hydrogen) atoms. The summed E-state index contributed by atoms with van der Waals surface area (Å²) in [5.74, 6) is -0.182. The van der Waals surface area contributed by atoms with Crippen LogP contribution in [-0.4, -0.2) is 79.8 Å². The van der Waals surface area contributed by atoms with Crippen LogP contribution >= 0.6 is 11.6 Å². The second-order valence-corrected chi connectivity index (χ2v) is 15.7. The lowest BCUT2D eigenvalue weighted by Gasteiger charge is -2.31. The van der Waals surface area contributed by atoms with E-state index in [2.05, 4.69) is 20.3 Å². The van der Waals surface area contributed by atoms with Crippen molar-refractivity contribution < 1.29 is 33.3 Å². The second kappa shape index (κ2) is 19.3. The van der Waals surface area contributed by atoms with E-state index in [-0.39, 0.29) is 28.3 Å². The fourth-order valence-electron chi connectivity index (χ4n) is 6.44. The van der Waals surface area contributed by atoms with Gasteiger partial charge in [0.25, 0.3) is 0 Å². The predicted octanol–water partition coefficient (Wildman–Crippen LogP) is 7.47. The van der Waals surface area contributed by atoms with Crippen LogP contribution in [0.2, 0.25) is 5.02 Å². The first kappa shape index (κ1) is 40.2. The number of halogens is 1. The standard InChI is InChI=1S/C38H53ClN4O7S/c1-26-21-27(2)37(31(22-26)28-11-13-34(44)32(39)23-28)41-38(47)50-30-15-19-43(20-16-30)18-10-8-6-4-5-7-9-17-40-25-36(46)29-12-14-35(45)33(24-29)42-51(3,48)49/h11-14,21-24,30,36,40,42,44-46H,4-10,15-20,25H2,1-3H3,(H,41,47)/t36-/m0/s1. The highest BCUT2D eigenvalue weighted by molar-refractivity contribution is 7.92. The number of carbonyl (C=O) groups is 1. The number of hydrogen-bond donors (Lipinski definition) is 6. The van der Waals surface area contributed by atoms with Crippen LogP contribution in [0.3, 0.4) is 0 Å². The minimum absolute atomic E-state index is 0.0104. The number of likely N-dealkylation sites (tertiary alicyclic amines) is 1. The van der Waals surface area contributed by atoms with Crippen molar-refractivity contribution in [1.82, 2.24) is 10.2 Å². The third-order valence-electron chi connectivity index (χ3n) is 9.14. The van der Waals surface area contributed by atoms with E-state index in [0.717, 1.165) is 86.8 Å². The van der Waals surface area contributed by atoms with E-state index in [4.69, 9.17) is 16.3 Å². The van der Waals surface area contributed by atoms with Crippen LogP contribution in [0.4, 0.5) is 16.2 Å².